The van der Waals surface area contributed by atoms with Crippen molar-refractivity contribution in [2.24, 2.45) is 0 Å². The SMILES string of the molecule is [CH2]CC=CC(=O)OCCCCCC. The Hall–Kier alpha value is -0.790. The normalized spacial score (nSPS) is 10.6. The van der Waals surface area contributed by atoms with Gasteiger partial charge in [0.1, 0.15) is 0 Å². The Morgan fingerprint density at radius 2 is 2.15 bits per heavy atom. The van der Waals surface area contributed by atoms with E-state index in [0.29, 0.717) is 13.0 Å². The minimum Gasteiger partial charge on any atom is -0.463 e. The van der Waals surface area contributed by atoms with E-state index in [0.717, 1.165) is 12.8 Å². The van der Waals surface area contributed by atoms with Crippen LogP contribution in [0.3, 0.4) is 0 Å². The molecule has 0 saturated carbocycles. The number of unbranched alkanes of at least 4 members (excludes halogenated alkanes) is 3. The van der Waals surface area contributed by atoms with Crippen LogP contribution < -0.4 is 0 Å². The molecule has 0 N–H and O–H groups in total. The first-order valence-corrected chi connectivity index (χ1v) is 4.93. The van der Waals surface area contributed by atoms with Crippen molar-refractivity contribution in [2.45, 2.75) is 39.0 Å². The van der Waals surface area contributed by atoms with Gasteiger partial charge in [0, 0.05) is 6.08 Å². The summed E-state index contributed by atoms with van der Waals surface area (Å²) in [5, 5.41) is 0. The molecule has 0 unspecified atom stereocenters. The molecule has 0 aliphatic carbocycles. The first kappa shape index (κ1) is 12.2. The summed E-state index contributed by atoms with van der Waals surface area (Å²) >= 11 is 0. The van der Waals surface area contributed by atoms with E-state index < -0.39 is 0 Å². The molecule has 0 spiro atoms. The minimum absolute atomic E-state index is 0.250. The Balaban J connectivity index is 3.22. The number of hydrogen-bond donors (Lipinski definition) is 0. The molecule has 13 heavy (non-hydrogen) atoms. The van der Waals surface area contributed by atoms with Crippen molar-refractivity contribution in [3.63, 3.8) is 0 Å². The Bertz CT molecular complexity index is 150. The van der Waals surface area contributed by atoms with Crippen molar-refractivity contribution in [1.82, 2.24) is 0 Å². The third-order valence-electron chi connectivity index (χ3n) is 1.66. The first-order chi connectivity index (χ1) is 6.31. The molecule has 0 aromatic carbocycles. The second-order valence-electron chi connectivity index (χ2n) is 2.92. The van der Waals surface area contributed by atoms with Gasteiger partial charge in [-0.2, -0.15) is 0 Å². The lowest BCUT2D eigenvalue weighted by atomic mass is 10.2. The smallest absolute Gasteiger partial charge is 0.330 e. The molecule has 0 bridgehead atoms. The largest absolute Gasteiger partial charge is 0.463 e. The van der Waals surface area contributed by atoms with Crippen LogP contribution in [0.5, 0.6) is 0 Å². The van der Waals surface area contributed by atoms with Gasteiger partial charge in [0.15, 0.2) is 0 Å². The number of rotatable bonds is 7. The van der Waals surface area contributed by atoms with Gasteiger partial charge in [-0.25, -0.2) is 4.79 Å². The summed E-state index contributed by atoms with van der Waals surface area (Å²) in [6, 6.07) is 0. The summed E-state index contributed by atoms with van der Waals surface area (Å²) in [6.07, 6.45) is 8.30. The zero-order valence-corrected chi connectivity index (χ0v) is 8.42. The second-order valence-corrected chi connectivity index (χ2v) is 2.92. The molecule has 0 aliphatic heterocycles. The highest BCUT2D eigenvalue weighted by Gasteiger charge is 1.94. The Morgan fingerprint density at radius 3 is 2.77 bits per heavy atom. The lowest BCUT2D eigenvalue weighted by Gasteiger charge is -2.00. The molecule has 0 amide bonds. The van der Waals surface area contributed by atoms with Crippen LogP contribution in [0.25, 0.3) is 0 Å². The number of carbonyl (C=O) groups is 1. The highest BCUT2D eigenvalue weighted by Crippen LogP contribution is 1.99. The van der Waals surface area contributed by atoms with E-state index in [9.17, 15) is 4.79 Å². The van der Waals surface area contributed by atoms with Crippen molar-refractivity contribution in [3.05, 3.63) is 19.1 Å². The lowest BCUT2D eigenvalue weighted by molar-refractivity contribution is -0.137. The number of ether oxygens (including phenoxy) is 1. The second kappa shape index (κ2) is 9.30. The van der Waals surface area contributed by atoms with Gasteiger partial charge in [-0.3, -0.25) is 0 Å². The zero-order valence-electron chi connectivity index (χ0n) is 8.42. The van der Waals surface area contributed by atoms with Gasteiger partial charge in [0.05, 0.1) is 6.61 Å². The number of carbonyl (C=O) groups excluding carboxylic acids is 1. The third-order valence-corrected chi connectivity index (χ3v) is 1.66. The summed E-state index contributed by atoms with van der Waals surface area (Å²) in [5.41, 5.74) is 0. The fourth-order valence-electron chi connectivity index (χ4n) is 0.929. The summed E-state index contributed by atoms with van der Waals surface area (Å²) in [6.45, 7) is 6.28. The molecule has 0 rings (SSSR count). The quantitative estimate of drug-likeness (QED) is 0.344. The van der Waals surface area contributed by atoms with Crippen LogP contribution in [-0.2, 0) is 9.53 Å². The summed E-state index contributed by atoms with van der Waals surface area (Å²) in [4.78, 5) is 10.9. The van der Waals surface area contributed by atoms with Crippen LogP contribution in [-0.4, -0.2) is 12.6 Å². The Kier molecular flexibility index (Phi) is 8.73. The summed E-state index contributed by atoms with van der Waals surface area (Å²) < 4.78 is 4.94. The van der Waals surface area contributed by atoms with Gasteiger partial charge in [-0.05, 0) is 19.8 Å². The van der Waals surface area contributed by atoms with Crippen molar-refractivity contribution >= 4 is 5.97 Å². The summed E-state index contributed by atoms with van der Waals surface area (Å²) in [5.74, 6) is -0.250. The molecule has 0 atom stereocenters. The van der Waals surface area contributed by atoms with Crippen LogP contribution in [0.4, 0.5) is 0 Å². The molecule has 2 nitrogen and oxygen atoms in total. The van der Waals surface area contributed by atoms with Gasteiger partial charge in [-0.1, -0.05) is 32.3 Å². The Labute approximate surface area is 81.0 Å². The average Bonchev–Trinajstić information content (AvgIpc) is 2.14. The van der Waals surface area contributed by atoms with E-state index in [1.165, 1.54) is 18.9 Å². The highest BCUT2D eigenvalue weighted by molar-refractivity contribution is 5.81. The van der Waals surface area contributed by atoms with Crippen LogP contribution in [0, 0.1) is 6.92 Å². The molecule has 0 aromatic heterocycles. The number of hydrogen-bond acceptors (Lipinski definition) is 2. The fourth-order valence-corrected chi connectivity index (χ4v) is 0.929. The van der Waals surface area contributed by atoms with Crippen LogP contribution in [0.1, 0.15) is 39.0 Å². The van der Waals surface area contributed by atoms with Crippen LogP contribution >= 0.6 is 0 Å². The predicted octanol–water partition coefficient (Wildman–Crippen LogP) is 2.89. The molecule has 2 heteroatoms. The molecule has 0 fully saturated rings. The van der Waals surface area contributed by atoms with Crippen molar-refractivity contribution in [1.29, 1.82) is 0 Å². The summed E-state index contributed by atoms with van der Waals surface area (Å²) in [7, 11) is 0. The van der Waals surface area contributed by atoms with E-state index in [-0.39, 0.29) is 5.97 Å². The van der Waals surface area contributed by atoms with E-state index in [4.69, 9.17) is 4.74 Å². The highest BCUT2D eigenvalue weighted by atomic mass is 16.5. The molecular weight excluding hydrogens is 164 g/mol. The number of esters is 1. The lowest BCUT2D eigenvalue weighted by Crippen LogP contribution is -2.01. The molecule has 0 aromatic rings. The predicted molar refractivity (Wildman–Crippen MR) is 54.2 cm³/mol. The van der Waals surface area contributed by atoms with Crippen LogP contribution in [0.2, 0.25) is 0 Å². The molecule has 0 aliphatic rings. The van der Waals surface area contributed by atoms with E-state index in [1.807, 2.05) is 0 Å². The molecule has 1 radical (unpaired) electrons. The first-order valence-electron chi connectivity index (χ1n) is 4.93. The molecule has 0 heterocycles. The zero-order chi connectivity index (χ0) is 9.94. The molecular formula is C11H19O2. The number of allylic oxidation sites excluding steroid dienone is 1. The van der Waals surface area contributed by atoms with Gasteiger partial charge in [0.2, 0.25) is 0 Å². The van der Waals surface area contributed by atoms with Gasteiger partial charge in [0.25, 0.3) is 0 Å². The van der Waals surface area contributed by atoms with Gasteiger partial charge < -0.3 is 4.74 Å². The fraction of sp³-hybridized carbons (Fsp3) is 0.636. The maximum atomic E-state index is 10.9. The van der Waals surface area contributed by atoms with E-state index in [2.05, 4.69) is 13.8 Å². The minimum atomic E-state index is -0.250. The van der Waals surface area contributed by atoms with Gasteiger partial charge in [-0.15, -0.1) is 0 Å². The van der Waals surface area contributed by atoms with Crippen LogP contribution in [0.15, 0.2) is 12.2 Å². The van der Waals surface area contributed by atoms with E-state index >= 15 is 0 Å². The van der Waals surface area contributed by atoms with Crippen molar-refractivity contribution < 1.29 is 9.53 Å². The standard InChI is InChI=1S/C11H19O2/c1-3-5-7-8-10-13-11(12)9-6-4-2/h6,9H,2-5,7-8,10H2,1H3. The Morgan fingerprint density at radius 1 is 1.38 bits per heavy atom. The maximum absolute atomic E-state index is 10.9. The van der Waals surface area contributed by atoms with Crippen molar-refractivity contribution in [2.75, 3.05) is 6.61 Å². The molecule has 0 saturated heterocycles. The maximum Gasteiger partial charge on any atom is 0.330 e. The average molecular weight is 183 g/mol. The van der Waals surface area contributed by atoms with Crippen molar-refractivity contribution in [3.8, 4) is 0 Å². The molecule has 75 valence electrons. The third kappa shape index (κ3) is 9.12. The van der Waals surface area contributed by atoms with E-state index in [1.54, 1.807) is 6.08 Å². The monoisotopic (exact) mass is 183 g/mol. The topological polar surface area (TPSA) is 26.3 Å². The van der Waals surface area contributed by atoms with Gasteiger partial charge >= 0.3 is 5.97 Å².